The standard InChI is InChI=1S/C18H28N2O4/c1-11(20-18(21)14-7-5-6-12(14)10-19)13-8-15(22-2)17(24-4)16(9-13)23-3/h8-9,11-12,14H,5-7,10,19H2,1-4H3,(H,20,21)/t11?,12-,14-/m1/s1. The van der Waals surface area contributed by atoms with Crippen molar-refractivity contribution in [3.05, 3.63) is 17.7 Å². The monoisotopic (exact) mass is 336 g/mol. The maximum atomic E-state index is 12.6. The van der Waals surface area contributed by atoms with Gasteiger partial charge in [0.05, 0.1) is 27.4 Å². The lowest BCUT2D eigenvalue weighted by molar-refractivity contribution is -0.126. The van der Waals surface area contributed by atoms with Crippen molar-refractivity contribution < 1.29 is 19.0 Å². The summed E-state index contributed by atoms with van der Waals surface area (Å²) in [4.78, 5) is 12.6. The molecule has 6 heteroatoms. The molecule has 1 saturated carbocycles. The predicted octanol–water partition coefficient (Wildman–Crippen LogP) is 2.26. The summed E-state index contributed by atoms with van der Waals surface area (Å²) in [6.45, 7) is 2.52. The van der Waals surface area contributed by atoms with Crippen LogP contribution < -0.4 is 25.3 Å². The minimum absolute atomic E-state index is 0.0134. The highest BCUT2D eigenvalue weighted by atomic mass is 16.5. The van der Waals surface area contributed by atoms with Gasteiger partial charge in [-0.15, -0.1) is 0 Å². The minimum Gasteiger partial charge on any atom is -0.493 e. The third-order valence-corrected chi connectivity index (χ3v) is 4.84. The Morgan fingerprint density at radius 3 is 2.33 bits per heavy atom. The smallest absolute Gasteiger partial charge is 0.223 e. The topological polar surface area (TPSA) is 82.8 Å². The Bertz CT molecular complexity index is 551. The summed E-state index contributed by atoms with van der Waals surface area (Å²) in [6.07, 6.45) is 3.02. The summed E-state index contributed by atoms with van der Waals surface area (Å²) < 4.78 is 16.1. The molecule has 1 fully saturated rings. The lowest BCUT2D eigenvalue weighted by Gasteiger charge is -2.22. The molecule has 134 valence electrons. The molecule has 1 amide bonds. The van der Waals surface area contributed by atoms with Gasteiger partial charge < -0.3 is 25.3 Å². The molecule has 1 aliphatic rings. The zero-order chi connectivity index (χ0) is 17.7. The lowest BCUT2D eigenvalue weighted by atomic mass is 9.94. The molecule has 3 atom stereocenters. The molecule has 2 rings (SSSR count). The molecule has 24 heavy (non-hydrogen) atoms. The number of ether oxygens (including phenoxy) is 3. The summed E-state index contributed by atoms with van der Waals surface area (Å²) in [7, 11) is 4.72. The highest BCUT2D eigenvalue weighted by molar-refractivity contribution is 5.79. The number of carbonyl (C=O) groups excluding carboxylic acids is 1. The van der Waals surface area contributed by atoms with E-state index < -0.39 is 0 Å². The molecule has 0 spiro atoms. The van der Waals surface area contributed by atoms with Gasteiger partial charge in [-0.05, 0) is 49.9 Å². The summed E-state index contributed by atoms with van der Waals surface area (Å²) in [5.74, 6) is 2.07. The molecule has 0 bridgehead atoms. The number of nitrogens with one attached hydrogen (secondary N) is 1. The number of hydrogen-bond donors (Lipinski definition) is 2. The Morgan fingerprint density at radius 1 is 1.21 bits per heavy atom. The highest BCUT2D eigenvalue weighted by Crippen LogP contribution is 2.40. The number of amides is 1. The number of hydrogen-bond acceptors (Lipinski definition) is 5. The number of methoxy groups -OCH3 is 3. The maximum Gasteiger partial charge on any atom is 0.223 e. The second-order valence-electron chi connectivity index (χ2n) is 6.22. The molecule has 0 saturated heterocycles. The van der Waals surface area contributed by atoms with E-state index in [4.69, 9.17) is 19.9 Å². The van der Waals surface area contributed by atoms with Gasteiger partial charge in [-0.2, -0.15) is 0 Å². The van der Waals surface area contributed by atoms with E-state index in [1.807, 2.05) is 19.1 Å². The first-order valence-corrected chi connectivity index (χ1v) is 8.36. The fraction of sp³-hybridized carbons (Fsp3) is 0.611. The molecule has 0 aliphatic heterocycles. The summed E-state index contributed by atoms with van der Waals surface area (Å²) in [6, 6.07) is 3.56. The largest absolute Gasteiger partial charge is 0.493 e. The Morgan fingerprint density at radius 2 is 1.83 bits per heavy atom. The number of carbonyl (C=O) groups is 1. The predicted molar refractivity (Wildman–Crippen MR) is 92.5 cm³/mol. The first kappa shape index (κ1) is 18.4. The minimum atomic E-state index is -0.162. The second-order valence-corrected chi connectivity index (χ2v) is 6.22. The third-order valence-electron chi connectivity index (χ3n) is 4.84. The maximum absolute atomic E-state index is 12.6. The van der Waals surface area contributed by atoms with Crippen LogP contribution in [0.5, 0.6) is 17.2 Å². The number of nitrogens with two attached hydrogens (primary N) is 1. The normalized spacial score (nSPS) is 21.2. The number of rotatable bonds is 7. The van der Waals surface area contributed by atoms with Crippen LogP contribution in [0.25, 0.3) is 0 Å². The van der Waals surface area contributed by atoms with E-state index in [0.717, 1.165) is 24.8 Å². The van der Waals surface area contributed by atoms with Gasteiger partial charge in [0.15, 0.2) is 11.5 Å². The van der Waals surface area contributed by atoms with Crippen molar-refractivity contribution in [1.82, 2.24) is 5.32 Å². The van der Waals surface area contributed by atoms with Crippen LogP contribution in [0.1, 0.15) is 37.8 Å². The lowest BCUT2D eigenvalue weighted by Crippen LogP contribution is -2.36. The van der Waals surface area contributed by atoms with Crippen molar-refractivity contribution in [2.45, 2.75) is 32.2 Å². The summed E-state index contributed by atoms with van der Waals surface area (Å²) in [5, 5.41) is 3.10. The van der Waals surface area contributed by atoms with E-state index in [1.165, 1.54) is 0 Å². The Hall–Kier alpha value is -1.95. The van der Waals surface area contributed by atoms with Crippen LogP contribution in [-0.2, 0) is 4.79 Å². The fourth-order valence-corrected chi connectivity index (χ4v) is 3.42. The summed E-state index contributed by atoms with van der Waals surface area (Å²) in [5.41, 5.74) is 6.69. The van der Waals surface area contributed by atoms with Gasteiger partial charge in [-0.1, -0.05) is 6.42 Å². The molecule has 0 aromatic heterocycles. The first-order valence-electron chi connectivity index (χ1n) is 8.36. The zero-order valence-corrected chi connectivity index (χ0v) is 14.9. The van der Waals surface area contributed by atoms with Gasteiger partial charge in [0.1, 0.15) is 0 Å². The first-order chi connectivity index (χ1) is 11.5. The van der Waals surface area contributed by atoms with Crippen LogP contribution in [0.2, 0.25) is 0 Å². The van der Waals surface area contributed by atoms with Crippen molar-refractivity contribution in [1.29, 1.82) is 0 Å². The molecule has 1 aromatic carbocycles. The molecule has 1 aromatic rings. The third kappa shape index (κ3) is 3.75. The Kier molecular flexibility index (Phi) is 6.31. The average Bonchev–Trinajstić information content (AvgIpc) is 3.08. The van der Waals surface area contributed by atoms with Gasteiger partial charge in [0.2, 0.25) is 11.7 Å². The Balaban J connectivity index is 2.17. The Labute approximate surface area is 143 Å². The molecule has 3 N–H and O–H groups in total. The van der Waals surface area contributed by atoms with E-state index in [2.05, 4.69) is 5.32 Å². The van der Waals surface area contributed by atoms with Crippen LogP contribution in [0.15, 0.2) is 12.1 Å². The summed E-state index contributed by atoms with van der Waals surface area (Å²) >= 11 is 0. The second kappa shape index (κ2) is 8.24. The molecule has 6 nitrogen and oxygen atoms in total. The van der Waals surface area contributed by atoms with Gasteiger partial charge in [-0.3, -0.25) is 4.79 Å². The van der Waals surface area contributed by atoms with Gasteiger partial charge in [0.25, 0.3) is 0 Å². The van der Waals surface area contributed by atoms with Crippen molar-refractivity contribution in [3.8, 4) is 17.2 Å². The molecular weight excluding hydrogens is 308 g/mol. The molecular formula is C18H28N2O4. The molecule has 1 aliphatic carbocycles. The molecule has 1 unspecified atom stereocenters. The van der Waals surface area contributed by atoms with E-state index in [-0.39, 0.29) is 23.8 Å². The van der Waals surface area contributed by atoms with Crippen LogP contribution >= 0.6 is 0 Å². The zero-order valence-electron chi connectivity index (χ0n) is 14.9. The molecule has 0 heterocycles. The van der Waals surface area contributed by atoms with Gasteiger partial charge in [-0.25, -0.2) is 0 Å². The van der Waals surface area contributed by atoms with Gasteiger partial charge >= 0.3 is 0 Å². The van der Waals surface area contributed by atoms with Crippen molar-refractivity contribution in [3.63, 3.8) is 0 Å². The van der Waals surface area contributed by atoms with Crippen molar-refractivity contribution in [2.24, 2.45) is 17.6 Å². The van der Waals surface area contributed by atoms with E-state index >= 15 is 0 Å². The SMILES string of the molecule is COc1cc(C(C)NC(=O)[C@@H]2CCC[C@@H]2CN)cc(OC)c1OC. The molecule has 0 radical (unpaired) electrons. The van der Waals surface area contributed by atoms with Gasteiger partial charge in [0, 0.05) is 5.92 Å². The van der Waals surface area contributed by atoms with Crippen molar-refractivity contribution in [2.75, 3.05) is 27.9 Å². The van der Waals surface area contributed by atoms with Crippen molar-refractivity contribution >= 4 is 5.91 Å². The quantitative estimate of drug-likeness (QED) is 0.798. The van der Waals surface area contributed by atoms with E-state index in [1.54, 1.807) is 21.3 Å². The number of benzene rings is 1. The van der Waals surface area contributed by atoms with Crippen LogP contribution in [0.3, 0.4) is 0 Å². The fourth-order valence-electron chi connectivity index (χ4n) is 3.42. The van der Waals surface area contributed by atoms with E-state index in [0.29, 0.717) is 23.8 Å². The average molecular weight is 336 g/mol. The highest BCUT2D eigenvalue weighted by Gasteiger charge is 2.32. The van der Waals surface area contributed by atoms with Crippen LogP contribution in [-0.4, -0.2) is 33.8 Å². The van der Waals surface area contributed by atoms with E-state index in [9.17, 15) is 4.79 Å². The van der Waals surface area contributed by atoms with Crippen LogP contribution in [0, 0.1) is 11.8 Å². The van der Waals surface area contributed by atoms with Crippen LogP contribution in [0.4, 0.5) is 0 Å².